The van der Waals surface area contributed by atoms with Gasteiger partial charge in [-0.25, -0.2) is 19.5 Å². The summed E-state index contributed by atoms with van der Waals surface area (Å²) in [6.45, 7) is 0. The van der Waals surface area contributed by atoms with E-state index in [0.717, 1.165) is 35.0 Å². The third-order valence-electron chi connectivity index (χ3n) is 5.52. The molecule has 5 rings (SSSR count). The number of hydrogen-bond donors (Lipinski definition) is 2. The summed E-state index contributed by atoms with van der Waals surface area (Å²) in [5, 5.41) is 11.5. The summed E-state index contributed by atoms with van der Waals surface area (Å²) < 4.78 is 1.87. The molecule has 0 radical (unpaired) electrons. The van der Waals surface area contributed by atoms with Gasteiger partial charge in [0.15, 0.2) is 5.65 Å². The van der Waals surface area contributed by atoms with Crippen molar-refractivity contribution in [2.45, 2.75) is 37.8 Å². The first kappa shape index (κ1) is 17.0. The minimum Gasteiger partial charge on any atom is -0.350 e. The van der Waals surface area contributed by atoms with Crippen molar-refractivity contribution in [1.29, 1.82) is 0 Å². The maximum Gasteiger partial charge on any atom is 0.241 e. The highest BCUT2D eigenvalue weighted by atomic mass is 15.3. The molecule has 28 heavy (non-hydrogen) atoms. The van der Waals surface area contributed by atoms with Crippen LogP contribution in [0.25, 0.3) is 27.8 Å². The Bertz CT molecular complexity index is 1110. The molecular weight excluding hydrogens is 352 g/mol. The van der Waals surface area contributed by atoms with E-state index in [1.165, 1.54) is 12.8 Å². The van der Waals surface area contributed by atoms with Crippen molar-refractivity contribution in [3.8, 4) is 11.1 Å². The molecule has 4 heterocycles. The first-order valence-corrected chi connectivity index (χ1v) is 9.65. The average molecular weight is 374 g/mol. The molecule has 0 amide bonds. The van der Waals surface area contributed by atoms with Crippen LogP contribution < -0.4 is 10.6 Å². The van der Waals surface area contributed by atoms with Crippen molar-refractivity contribution < 1.29 is 0 Å². The van der Waals surface area contributed by atoms with Crippen LogP contribution in [0.3, 0.4) is 0 Å². The zero-order chi connectivity index (χ0) is 18.9. The van der Waals surface area contributed by atoms with Crippen LogP contribution in [0.4, 0.5) is 5.95 Å². The lowest BCUT2D eigenvalue weighted by molar-refractivity contribution is 0.370. The second-order valence-electron chi connectivity index (χ2n) is 7.25. The van der Waals surface area contributed by atoms with E-state index in [-0.39, 0.29) is 0 Å². The summed E-state index contributed by atoms with van der Waals surface area (Å²) in [5.74, 6) is 0.671. The third-order valence-corrected chi connectivity index (χ3v) is 5.52. The molecule has 1 aliphatic rings. The van der Waals surface area contributed by atoms with E-state index in [2.05, 4.69) is 35.7 Å². The monoisotopic (exact) mass is 374 g/mol. The lowest BCUT2D eigenvalue weighted by Crippen LogP contribution is -2.35. The highest BCUT2D eigenvalue weighted by molar-refractivity contribution is 5.84. The van der Waals surface area contributed by atoms with Crippen LogP contribution in [0.5, 0.6) is 0 Å². The molecule has 0 saturated heterocycles. The van der Waals surface area contributed by atoms with E-state index in [1.807, 2.05) is 42.3 Å². The van der Waals surface area contributed by atoms with Crippen LogP contribution in [0, 0.1) is 0 Å². The van der Waals surface area contributed by atoms with E-state index in [0.29, 0.717) is 23.7 Å². The van der Waals surface area contributed by atoms with Gasteiger partial charge in [0.2, 0.25) is 5.95 Å². The van der Waals surface area contributed by atoms with Crippen molar-refractivity contribution in [2.24, 2.45) is 0 Å². The predicted molar refractivity (Wildman–Crippen MR) is 108 cm³/mol. The minimum atomic E-state index is 0.431. The molecule has 4 aromatic rings. The van der Waals surface area contributed by atoms with Gasteiger partial charge in [0.05, 0.1) is 11.7 Å². The van der Waals surface area contributed by atoms with Gasteiger partial charge in [-0.1, -0.05) is 0 Å². The molecule has 1 aliphatic carbocycles. The highest BCUT2D eigenvalue weighted by Crippen LogP contribution is 2.27. The van der Waals surface area contributed by atoms with Crippen LogP contribution in [0.15, 0.2) is 43.1 Å². The van der Waals surface area contributed by atoms with E-state index in [4.69, 9.17) is 0 Å². The smallest absolute Gasteiger partial charge is 0.241 e. The Morgan fingerprint density at radius 2 is 1.79 bits per heavy atom. The number of anilines is 1. The topological polar surface area (TPSA) is 92.9 Å². The van der Waals surface area contributed by atoms with Gasteiger partial charge in [-0.05, 0) is 44.9 Å². The van der Waals surface area contributed by atoms with Crippen molar-refractivity contribution >= 4 is 22.6 Å². The maximum absolute atomic E-state index is 4.65. The second kappa shape index (κ2) is 7.12. The van der Waals surface area contributed by atoms with Crippen molar-refractivity contribution in [1.82, 2.24) is 34.9 Å². The van der Waals surface area contributed by atoms with Gasteiger partial charge in [0.1, 0.15) is 5.52 Å². The SMILES string of the molecule is CNC1CCC(Nc2ncc3c(-c4cnc5nccnc5c4)ccn3n2)CC1. The maximum atomic E-state index is 4.65. The van der Waals surface area contributed by atoms with Crippen LogP contribution in [-0.4, -0.2) is 48.7 Å². The molecule has 142 valence electrons. The van der Waals surface area contributed by atoms with Crippen molar-refractivity contribution in [3.05, 3.63) is 43.1 Å². The minimum absolute atomic E-state index is 0.431. The van der Waals surface area contributed by atoms with Crippen molar-refractivity contribution in [2.75, 3.05) is 12.4 Å². The molecule has 1 fully saturated rings. The van der Waals surface area contributed by atoms with Crippen LogP contribution in [-0.2, 0) is 0 Å². The Morgan fingerprint density at radius 1 is 0.964 bits per heavy atom. The predicted octanol–water partition coefficient (Wildman–Crippen LogP) is 2.68. The summed E-state index contributed by atoms with van der Waals surface area (Å²) in [6, 6.07) is 5.09. The van der Waals surface area contributed by atoms with Gasteiger partial charge >= 0.3 is 0 Å². The standard InChI is InChI=1S/C20H22N8/c1-21-14-2-4-15(5-3-14)26-20-25-12-18-16(6-9-28(18)27-20)13-10-17-19(24-11-13)23-8-7-22-17/h6-12,14-15,21H,2-5H2,1H3,(H,26,27). The highest BCUT2D eigenvalue weighted by Gasteiger charge is 2.20. The van der Waals surface area contributed by atoms with Crippen LogP contribution in [0.2, 0.25) is 0 Å². The third kappa shape index (κ3) is 3.16. The summed E-state index contributed by atoms with van der Waals surface area (Å²) in [6.07, 6.45) is 13.6. The second-order valence-corrected chi connectivity index (χ2v) is 7.25. The van der Waals surface area contributed by atoms with E-state index in [1.54, 1.807) is 12.4 Å². The van der Waals surface area contributed by atoms with E-state index in [9.17, 15) is 0 Å². The number of rotatable bonds is 4. The Kier molecular flexibility index (Phi) is 4.32. The Hall–Kier alpha value is -3.13. The van der Waals surface area contributed by atoms with Gasteiger partial charge in [0, 0.05) is 48.0 Å². The Balaban J connectivity index is 1.40. The molecular formula is C20H22N8. The molecule has 0 bridgehead atoms. The van der Waals surface area contributed by atoms with Gasteiger partial charge in [-0.15, -0.1) is 5.10 Å². The molecule has 0 unspecified atom stereocenters. The zero-order valence-corrected chi connectivity index (χ0v) is 15.7. The normalized spacial score (nSPS) is 19.9. The lowest BCUT2D eigenvalue weighted by Gasteiger charge is -2.28. The van der Waals surface area contributed by atoms with Crippen LogP contribution >= 0.6 is 0 Å². The molecule has 1 saturated carbocycles. The number of fused-ring (bicyclic) bond motifs is 2. The fourth-order valence-electron chi connectivity index (χ4n) is 3.92. The molecule has 8 nitrogen and oxygen atoms in total. The van der Waals surface area contributed by atoms with E-state index >= 15 is 0 Å². The summed E-state index contributed by atoms with van der Waals surface area (Å²) in [7, 11) is 2.04. The molecule has 0 aliphatic heterocycles. The first-order chi connectivity index (χ1) is 13.8. The van der Waals surface area contributed by atoms with Gasteiger partial charge in [-0.3, -0.25) is 4.98 Å². The van der Waals surface area contributed by atoms with Crippen molar-refractivity contribution in [3.63, 3.8) is 0 Å². The lowest BCUT2D eigenvalue weighted by atomic mass is 9.91. The average Bonchev–Trinajstić information content (AvgIpc) is 3.17. The van der Waals surface area contributed by atoms with Crippen LogP contribution in [0.1, 0.15) is 25.7 Å². The van der Waals surface area contributed by atoms with Gasteiger partial charge < -0.3 is 10.6 Å². The number of hydrogen-bond acceptors (Lipinski definition) is 7. The Labute approximate surface area is 162 Å². The number of aromatic nitrogens is 6. The molecule has 2 N–H and O–H groups in total. The zero-order valence-electron chi connectivity index (χ0n) is 15.7. The van der Waals surface area contributed by atoms with Gasteiger partial charge in [-0.2, -0.15) is 0 Å². The first-order valence-electron chi connectivity index (χ1n) is 9.65. The summed E-state index contributed by atoms with van der Waals surface area (Å²) in [4.78, 5) is 17.5. The molecule has 0 spiro atoms. The van der Waals surface area contributed by atoms with Gasteiger partial charge in [0.25, 0.3) is 0 Å². The van der Waals surface area contributed by atoms with E-state index < -0.39 is 0 Å². The quantitative estimate of drug-likeness (QED) is 0.567. The number of pyridine rings is 1. The molecule has 0 aromatic carbocycles. The molecule has 8 heteroatoms. The Morgan fingerprint density at radius 3 is 2.64 bits per heavy atom. The summed E-state index contributed by atoms with van der Waals surface area (Å²) >= 11 is 0. The summed E-state index contributed by atoms with van der Waals surface area (Å²) in [5.41, 5.74) is 4.36. The molecule has 0 atom stereocenters. The fourth-order valence-corrected chi connectivity index (χ4v) is 3.92. The molecule has 4 aromatic heterocycles. The number of nitrogens with one attached hydrogen (secondary N) is 2. The fraction of sp³-hybridized carbons (Fsp3) is 0.350. The number of nitrogens with zero attached hydrogens (tertiary/aromatic N) is 6. The largest absolute Gasteiger partial charge is 0.350 e.